The lowest BCUT2D eigenvalue weighted by atomic mass is 9.86. The summed E-state index contributed by atoms with van der Waals surface area (Å²) in [4.78, 5) is 14.0. The summed E-state index contributed by atoms with van der Waals surface area (Å²) in [5.41, 5.74) is 7.31. The van der Waals surface area contributed by atoms with Gasteiger partial charge in [-0.3, -0.25) is 4.79 Å². The minimum atomic E-state index is -0.565. The molecule has 5 nitrogen and oxygen atoms in total. The quantitative estimate of drug-likeness (QED) is 0.538. The van der Waals surface area contributed by atoms with Crippen molar-refractivity contribution < 1.29 is 19.0 Å². The van der Waals surface area contributed by atoms with Crippen LogP contribution in [-0.4, -0.2) is 56.9 Å². The summed E-state index contributed by atoms with van der Waals surface area (Å²) < 4.78 is 16.3. The zero-order valence-corrected chi connectivity index (χ0v) is 14.8. The number of hydrogen-bond acceptors (Lipinski definition) is 4. The number of methoxy groups -OCH3 is 3. The molecule has 1 aromatic rings. The number of amides is 1. The maximum Gasteiger partial charge on any atom is 0.254 e. The van der Waals surface area contributed by atoms with E-state index < -0.39 is 12.2 Å². The highest BCUT2D eigenvalue weighted by Gasteiger charge is 2.52. The van der Waals surface area contributed by atoms with Crippen LogP contribution in [0, 0.1) is 0 Å². The van der Waals surface area contributed by atoms with Crippen LogP contribution in [0.15, 0.2) is 55.0 Å². The van der Waals surface area contributed by atoms with Crippen molar-refractivity contribution in [3.8, 4) is 5.75 Å². The van der Waals surface area contributed by atoms with Crippen LogP contribution in [0.4, 0.5) is 0 Å². The molecule has 0 spiro atoms. The summed E-state index contributed by atoms with van der Waals surface area (Å²) in [6, 6.07) is 7.26. The van der Waals surface area contributed by atoms with Gasteiger partial charge >= 0.3 is 0 Å². The van der Waals surface area contributed by atoms with Gasteiger partial charge < -0.3 is 19.1 Å². The minimum Gasteiger partial charge on any atom is -0.497 e. The monoisotopic (exact) mass is 341 g/mol. The second-order valence-corrected chi connectivity index (χ2v) is 5.52. The molecule has 1 aromatic carbocycles. The van der Waals surface area contributed by atoms with Crippen LogP contribution in [0.2, 0.25) is 0 Å². The molecule has 1 heterocycles. The molecule has 0 bridgehead atoms. The molecule has 0 saturated carbocycles. The number of ether oxygens (including phenoxy) is 3. The van der Waals surface area contributed by atoms with Crippen LogP contribution in [0.5, 0.6) is 5.75 Å². The molecule has 1 fully saturated rings. The molecule has 3 atom stereocenters. The van der Waals surface area contributed by atoms with E-state index in [1.807, 2.05) is 24.3 Å². The Morgan fingerprint density at radius 1 is 1.28 bits per heavy atom. The highest BCUT2D eigenvalue weighted by Crippen LogP contribution is 2.33. The highest BCUT2D eigenvalue weighted by atomic mass is 16.5. The lowest BCUT2D eigenvalue weighted by Crippen LogP contribution is -2.69. The van der Waals surface area contributed by atoms with E-state index in [-0.39, 0.29) is 11.9 Å². The van der Waals surface area contributed by atoms with Crippen molar-refractivity contribution >= 4 is 11.5 Å². The van der Waals surface area contributed by atoms with Gasteiger partial charge in [0, 0.05) is 26.3 Å². The molecule has 132 valence electrons. The Labute approximate surface area is 148 Å². The number of hydrogen-bond donors (Lipinski definition) is 0. The third-order valence-corrected chi connectivity index (χ3v) is 4.32. The predicted octanol–water partition coefficient (Wildman–Crippen LogP) is 2.45. The van der Waals surface area contributed by atoms with E-state index in [0.717, 1.165) is 16.9 Å². The van der Waals surface area contributed by atoms with E-state index in [9.17, 15) is 4.79 Å². The zero-order chi connectivity index (χ0) is 18.4. The summed E-state index contributed by atoms with van der Waals surface area (Å²) in [6.45, 7) is 7.74. The Bertz CT molecular complexity index is 712. The first-order valence-electron chi connectivity index (χ1n) is 7.87. The normalized spacial score (nSPS) is 20.1. The smallest absolute Gasteiger partial charge is 0.254 e. The predicted molar refractivity (Wildman–Crippen MR) is 96.3 cm³/mol. The van der Waals surface area contributed by atoms with Crippen molar-refractivity contribution in [3.63, 3.8) is 0 Å². The molecule has 0 unspecified atom stereocenters. The fourth-order valence-corrected chi connectivity index (χ4v) is 3.04. The molecule has 1 aliphatic heterocycles. The molecule has 1 saturated heterocycles. The molecule has 0 aromatic heterocycles. The first-order chi connectivity index (χ1) is 12.1. The van der Waals surface area contributed by atoms with E-state index >= 15 is 0 Å². The van der Waals surface area contributed by atoms with E-state index in [0.29, 0.717) is 6.54 Å². The van der Waals surface area contributed by atoms with Gasteiger partial charge in [0.2, 0.25) is 0 Å². The van der Waals surface area contributed by atoms with E-state index in [2.05, 4.69) is 24.6 Å². The number of carbonyl (C=O) groups excluding carboxylic acids is 1. The fraction of sp³-hybridized carbons (Fsp3) is 0.350. The topological polar surface area (TPSA) is 48.0 Å². The fourth-order valence-electron chi connectivity index (χ4n) is 3.04. The number of benzene rings is 1. The van der Waals surface area contributed by atoms with Crippen molar-refractivity contribution in [1.29, 1.82) is 0 Å². The Kier molecular flexibility index (Phi) is 6.40. The van der Waals surface area contributed by atoms with E-state index in [1.54, 1.807) is 25.2 Å². The third kappa shape index (κ3) is 3.60. The summed E-state index contributed by atoms with van der Waals surface area (Å²) >= 11 is 0. The number of β-lactam (4-membered cyclic amide) rings is 1. The first-order valence-corrected chi connectivity index (χ1v) is 7.87. The maximum atomic E-state index is 12.3. The molecule has 0 aliphatic carbocycles. The minimum absolute atomic E-state index is 0.0841. The van der Waals surface area contributed by atoms with E-state index in [4.69, 9.17) is 14.2 Å². The number of rotatable bonds is 8. The van der Waals surface area contributed by atoms with Crippen molar-refractivity contribution in [1.82, 2.24) is 4.90 Å². The molecule has 2 rings (SSSR count). The van der Waals surface area contributed by atoms with Crippen molar-refractivity contribution in [2.75, 3.05) is 27.9 Å². The Morgan fingerprint density at radius 3 is 2.44 bits per heavy atom. The second-order valence-electron chi connectivity index (χ2n) is 5.52. The molecule has 0 N–H and O–H groups in total. The molecular formula is C20H23NO4. The molecule has 5 heteroatoms. The average molecular weight is 341 g/mol. The molecule has 1 aliphatic rings. The largest absolute Gasteiger partial charge is 0.497 e. The Hall–Kier alpha value is -2.55. The van der Waals surface area contributed by atoms with E-state index in [1.165, 1.54) is 7.11 Å². The van der Waals surface area contributed by atoms with Crippen LogP contribution in [0.3, 0.4) is 0 Å². The van der Waals surface area contributed by atoms with Gasteiger partial charge in [-0.15, -0.1) is 11.5 Å². The Balaban J connectivity index is 2.35. The molecular weight excluding hydrogens is 318 g/mol. The summed E-state index contributed by atoms with van der Waals surface area (Å²) in [6.07, 6.45) is 0.713. The van der Waals surface area contributed by atoms with Gasteiger partial charge in [0.1, 0.15) is 11.9 Å². The molecule has 0 radical (unpaired) electrons. The maximum absolute atomic E-state index is 12.3. The van der Waals surface area contributed by atoms with Crippen LogP contribution >= 0.6 is 0 Å². The van der Waals surface area contributed by atoms with Crippen LogP contribution in [0.1, 0.15) is 5.56 Å². The van der Waals surface area contributed by atoms with Crippen LogP contribution in [0.25, 0.3) is 5.57 Å². The number of likely N-dealkylation sites (tertiary alicyclic amines) is 1. The SMILES string of the molecule is C=C=CCN1C(=O)[C@H](OC)[C@@H]1[C@H](OC)C(=C=C)c1ccc(OC)cc1. The lowest BCUT2D eigenvalue weighted by molar-refractivity contribution is -0.177. The highest BCUT2D eigenvalue weighted by molar-refractivity contribution is 5.90. The van der Waals surface area contributed by atoms with Crippen molar-refractivity contribution in [2.45, 2.75) is 18.2 Å². The standard InChI is InChI=1S/C20H23NO4/c1-6-8-13-21-17(19(25-5)20(21)22)18(24-4)16(7-2)14-9-11-15(23-3)12-10-14/h8-12,17-19H,1-2,13H2,3-5H3/t17-,18+,19+/m0/s1. The average Bonchev–Trinajstić information content (AvgIpc) is 2.65. The number of nitrogens with zero attached hydrogens (tertiary/aromatic N) is 1. The second kappa shape index (κ2) is 8.52. The van der Waals surface area contributed by atoms with Crippen LogP contribution < -0.4 is 4.74 Å². The summed E-state index contributed by atoms with van der Waals surface area (Å²) in [5.74, 6) is 0.673. The van der Waals surface area contributed by atoms with Gasteiger partial charge in [-0.25, -0.2) is 0 Å². The van der Waals surface area contributed by atoms with Crippen molar-refractivity contribution in [3.05, 3.63) is 60.5 Å². The third-order valence-electron chi connectivity index (χ3n) is 4.32. The molecule has 1 amide bonds. The summed E-state index contributed by atoms with van der Waals surface area (Å²) in [5, 5.41) is 0. The van der Waals surface area contributed by atoms with Gasteiger partial charge in [-0.1, -0.05) is 25.3 Å². The number of carbonyl (C=O) groups is 1. The van der Waals surface area contributed by atoms with Gasteiger partial charge in [0.15, 0.2) is 6.10 Å². The Morgan fingerprint density at radius 2 is 1.96 bits per heavy atom. The van der Waals surface area contributed by atoms with Gasteiger partial charge in [-0.05, 0) is 23.8 Å². The zero-order valence-electron chi connectivity index (χ0n) is 14.8. The van der Waals surface area contributed by atoms with Gasteiger partial charge in [-0.2, -0.15) is 0 Å². The van der Waals surface area contributed by atoms with Gasteiger partial charge in [0.25, 0.3) is 5.91 Å². The summed E-state index contributed by atoms with van der Waals surface area (Å²) in [7, 11) is 4.74. The lowest BCUT2D eigenvalue weighted by Gasteiger charge is -2.49. The molecule has 25 heavy (non-hydrogen) atoms. The first kappa shape index (κ1) is 18.8. The van der Waals surface area contributed by atoms with Crippen molar-refractivity contribution in [2.24, 2.45) is 0 Å². The van der Waals surface area contributed by atoms with Gasteiger partial charge in [0.05, 0.1) is 13.2 Å². The van der Waals surface area contributed by atoms with Crippen LogP contribution in [-0.2, 0) is 14.3 Å².